The summed E-state index contributed by atoms with van der Waals surface area (Å²) in [5.74, 6) is 1.23. The number of ether oxygens (including phenoxy) is 2. The Morgan fingerprint density at radius 1 is 0.897 bits per heavy atom. The van der Waals surface area contributed by atoms with E-state index in [4.69, 9.17) is 9.47 Å². The van der Waals surface area contributed by atoms with Crippen molar-refractivity contribution in [3.63, 3.8) is 0 Å². The van der Waals surface area contributed by atoms with Crippen LogP contribution in [0.25, 0.3) is 0 Å². The normalized spacial score (nSPS) is 22.7. The number of sulfonamides is 1. The van der Waals surface area contributed by atoms with Crippen LogP contribution in [-0.2, 0) is 19.9 Å². The predicted molar refractivity (Wildman–Crippen MR) is 149 cm³/mol. The highest BCUT2D eigenvalue weighted by Gasteiger charge is 2.35. The molecule has 5 rings (SSSR count). The number of benzene rings is 2. The molecule has 0 bridgehead atoms. The zero-order valence-electron chi connectivity index (χ0n) is 23.0. The van der Waals surface area contributed by atoms with Crippen molar-refractivity contribution in [1.82, 2.24) is 14.1 Å². The number of rotatable bonds is 8. The summed E-state index contributed by atoms with van der Waals surface area (Å²) in [6.07, 6.45) is 2.41. The predicted octanol–water partition coefficient (Wildman–Crippen LogP) is 3.52. The second-order valence-corrected chi connectivity index (χ2v) is 14.8. The maximum Gasteiger partial charge on any atom is 0.231 e. The van der Waals surface area contributed by atoms with Gasteiger partial charge < -0.3 is 9.47 Å². The quantitative estimate of drug-likeness (QED) is 0.470. The number of hydrogen-bond acceptors (Lipinski definition) is 8. The molecule has 9 nitrogen and oxygen atoms in total. The van der Waals surface area contributed by atoms with Gasteiger partial charge in [-0.1, -0.05) is 19.1 Å². The second-order valence-electron chi connectivity index (χ2n) is 10.8. The Morgan fingerprint density at radius 2 is 1.56 bits per heavy atom. The SMILES string of the molecule is CCCS(=O)(=O)N1CCC(N2CCN([C@@H](C)c3ccc(S(=O)(=O)c4ccc5c(c4)OCO5)cc3)[C@H](C)C2)CC1. The molecule has 39 heavy (non-hydrogen) atoms. The fourth-order valence-electron chi connectivity index (χ4n) is 6.08. The van der Waals surface area contributed by atoms with E-state index in [0.29, 0.717) is 43.1 Å². The molecule has 2 saturated heterocycles. The van der Waals surface area contributed by atoms with Gasteiger partial charge in [0.2, 0.25) is 26.7 Å². The van der Waals surface area contributed by atoms with Crippen LogP contribution in [0.5, 0.6) is 11.5 Å². The fraction of sp³-hybridized carbons (Fsp3) is 0.571. The molecule has 3 heterocycles. The van der Waals surface area contributed by atoms with E-state index in [0.717, 1.165) is 38.0 Å². The van der Waals surface area contributed by atoms with Gasteiger partial charge in [-0.25, -0.2) is 21.1 Å². The molecule has 3 aliphatic heterocycles. The minimum atomic E-state index is -3.67. The monoisotopic (exact) mass is 577 g/mol. The molecule has 0 unspecified atom stereocenters. The third-order valence-corrected chi connectivity index (χ3v) is 12.2. The van der Waals surface area contributed by atoms with Crippen LogP contribution in [-0.4, -0.2) is 88.3 Å². The number of piperidine rings is 1. The van der Waals surface area contributed by atoms with Gasteiger partial charge in [0.25, 0.3) is 0 Å². The molecule has 0 amide bonds. The molecule has 0 N–H and O–H groups in total. The van der Waals surface area contributed by atoms with Crippen molar-refractivity contribution in [2.24, 2.45) is 0 Å². The summed E-state index contributed by atoms with van der Waals surface area (Å²) < 4.78 is 63.6. The van der Waals surface area contributed by atoms with Gasteiger partial charge in [-0.2, -0.15) is 0 Å². The van der Waals surface area contributed by atoms with Crippen LogP contribution >= 0.6 is 0 Å². The average molecular weight is 578 g/mol. The van der Waals surface area contributed by atoms with Crippen LogP contribution in [0, 0.1) is 0 Å². The van der Waals surface area contributed by atoms with E-state index < -0.39 is 19.9 Å². The summed E-state index contributed by atoms with van der Waals surface area (Å²) in [5.41, 5.74) is 1.08. The first-order chi connectivity index (χ1) is 18.6. The molecule has 214 valence electrons. The van der Waals surface area contributed by atoms with E-state index in [1.54, 1.807) is 28.6 Å². The molecule has 3 aliphatic rings. The topological polar surface area (TPSA) is 96.5 Å². The Morgan fingerprint density at radius 3 is 2.23 bits per heavy atom. The number of hydrogen-bond donors (Lipinski definition) is 0. The van der Waals surface area contributed by atoms with Gasteiger partial charge >= 0.3 is 0 Å². The first-order valence-corrected chi connectivity index (χ1v) is 16.9. The third-order valence-electron chi connectivity index (χ3n) is 8.33. The molecule has 11 heteroatoms. The lowest BCUT2D eigenvalue weighted by molar-refractivity contribution is 0.0196. The van der Waals surface area contributed by atoms with E-state index in [9.17, 15) is 16.8 Å². The number of nitrogens with zero attached hydrogens (tertiary/aromatic N) is 3. The molecule has 0 radical (unpaired) electrons. The van der Waals surface area contributed by atoms with Crippen LogP contribution < -0.4 is 9.47 Å². The van der Waals surface area contributed by atoms with Crippen LogP contribution in [0.15, 0.2) is 52.3 Å². The largest absolute Gasteiger partial charge is 0.454 e. The maximum absolute atomic E-state index is 13.2. The Labute approximate surface area is 232 Å². The Balaban J connectivity index is 1.19. The molecule has 0 spiro atoms. The van der Waals surface area contributed by atoms with Crippen molar-refractivity contribution >= 4 is 19.9 Å². The number of sulfone groups is 1. The molecule has 0 aromatic heterocycles. The van der Waals surface area contributed by atoms with Crippen LogP contribution in [0.4, 0.5) is 0 Å². The summed E-state index contributed by atoms with van der Waals surface area (Å²) in [5, 5.41) is 0. The van der Waals surface area contributed by atoms with Crippen molar-refractivity contribution < 1.29 is 26.3 Å². The van der Waals surface area contributed by atoms with Gasteiger partial charge in [-0.15, -0.1) is 0 Å². The van der Waals surface area contributed by atoms with Gasteiger partial charge in [-0.05, 0) is 62.9 Å². The van der Waals surface area contributed by atoms with Crippen LogP contribution in [0.2, 0.25) is 0 Å². The minimum absolute atomic E-state index is 0.0980. The Bertz CT molecular complexity index is 1370. The zero-order chi connectivity index (χ0) is 27.8. The third kappa shape index (κ3) is 5.83. The van der Waals surface area contributed by atoms with Crippen LogP contribution in [0.3, 0.4) is 0 Å². The van der Waals surface area contributed by atoms with E-state index in [2.05, 4.69) is 23.6 Å². The van der Waals surface area contributed by atoms with Gasteiger partial charge in [0.05, 0.1) is 15.5 Å². The molecule has 0 aliphatic carbocycles. The minimum Gasteiger partial charge on any atom is -0.454 e. The van der Waals surface area contributed by atoms with Crippen LogP contribution in [0.1, 0.15) is 51.6 Å². The highest BCUT2D eigenvalue weighted by atomic mass is 32.2. The van der Waals surface area contributed by atoms with Gasteiger partial charge in [0.1, 0.15) is 0 Å². The van der Waals surface area contributed by atoms with E-state index in [1.165, 1.54) is 6.07 Å². The summed E-state index contributed by atoms with van der Waals surface area (Å²) >= 11 is 0. The molecule has 2 fully saturated rings. The van der Waals surface area contributed by atoms with Crippen molar-refractivity contribution in [2.75, 3.05) is 45.3 Å². The molecule has 2 atom stereocenters. The van der Waals surface area contributed by atoms with Crippen molar-refractivity contribution in [3.05, 3.63) is 48.0 Å². The standard InChI is InChI=1S/C28H39N3O6S2/c1-4-17-38(32,33)30-13-11-24(12-14-30)29-15-16-31(21(2)19-29)22(3)23-5-7-25(8-6-23)39(34,35)26-9-10-27-28(18-26)37-20-36-27/h5-10,18,21-22,24H,4,11-17,19-20H2,1-3H3/t21-,22+/m1/s1. The van der Waals surface area contributed by atoms with E-state index >= 15 is 0 Å². The molecular weight excluding hydrogens is 538 g/mol. The second kappa shape index (κ2) is 11.4. The van der Waals surface area contributed by atoms with Crippen molar-refractivity contribution in [3.8, 4) is 11.5 Å². The highest BCUT2D eigenvalue weighted by Crippen LogP contribution is 2.36. The first kappa shape index (κ1) is 28.4. The lowest BCUT2D eigenvalue weighted by Gasteiger charge is -2.47. The lowest BCUT2D eigenvalue weighted by atomic mass is 9.99. The molecule has 2 aromatic carbocycles. The number of piperazine rings is 1. The van der Waals surface area contributed by atoms with E-state index in [-0.39, 0.29) is 28.4 Å². The van der Waals surface area contributed by atoms with Crippen molar-refractivity contribution in [1.29, 1.82) is 0 Å². The summed E-state index contributed by atoms with van der Waals surface area (Å²) in [6, 6.07) is 12.8. The summed E-state index contributed by atoms with van der Waals surface area (Å²) in [7, 11) is -6.79. The summed E-state index contributed by atoms with van der Waals surface area (Å²) in [4.78, 5) is 5.44. The van der Waals surface area contributed by atoms with Gasteiger partial charge in [0, 0.05) is 56.9 Å². The Hall–Kier alpha value is -2.18. The van der Waals surface area contributed by atoms with Crippen molar-refractivity contribution in [2.45, 2.75) is 68.0 Å². The smallest absolute Gasteiger partial charge is 0.231 e. The first-order valence-electron chi connectivity index (χ1n) is 13.8. The molecular formula is C28H39N3O6S2. The molecule has 0 saturated carbocycles. The summed E-state index contributed by atoms with van der Waals surface area (Å²) in [6.45, 7) is 10.4. The van der Waals surface area contributed by atoms with Gasteiger partial charge in [0.15, 0.2) is 11.5 Å². The average Bonchev–Trinajstić information content (AvgIpc) is 3.41. The zero-order valence-corrected chi connectivity index (χ0v) is 24.6. The number of fused-ring (bicyclic) bond motifs is 1. The fourth-order valence-corrected chi connectivity index (χ4v) is 8.89. The maximum atomic E-state index is 13.2. The highest BCUT2D eigenvalue weighted by molar-refractivity contribution is 7.91. The Kier molecular flexibility index (Phi) is 8.26. The molecule has 2 aromatic rings. The lowest BCUT2D eigenvalue weighted by Crippen LogP contribution is -2.57. The van der Waals surface area contributed by atoms with Gasteiger partial charge in [-0.3, -0.25) is 9.80 Å². The van der Waals surface area contributed by atoms with E-state index in [1.807, 2.05) is 19.1 Å².